The van der Waals surface area contributed by atoms with Gasteiger partial charge < -0.3 is 24.3 Å². The first-order valence-corrected chi connectivity index (χ1v) is 7.92. The fourth-order valence-corrected chi connectivity index (χ4v) is 1.82. The third-order valence-electron chi connectivity index (χ3n) is 3.00. The van der Waals surface area contributed by atoms with Crippen LogP contribution in [0.1, 0.15) is 31.1 Å². The maximum Gasteiger partial charge on any atom is 0.407 e. The Balaban J connectivity index is 3.03. The van der Waals surface area contributed by atoms with Gasteiger partial charge in [0.15, 0.2) is 0 Å². The Hall–Kier alpha value is -3.44. The van der Waals surface area contributed by atoms with E-state index in [1.807, 2.05) is 0 Å². The Morgan fingerprint density at radius 1 is 1.25 bits per heavy atom. The third kappa shape index (κ3) is 6.70. The van der Waals surface area contributed by atoms with Gasteiger partial charge in [-0.1, -0.05) is 0 Å². The van der Waals surface area contributed by atoms with Crippen molar-refractivity contribution < 1.29 is 38.3 Å². The second-order valence-electron chi connectivity index (χ2n) is 6.31. The number of nitro groups is 1. The molecule has 0 bridgehead atoms. The zero-order valence-electron chi connectivity index (χ0n) is 16.0. The molecular formula is C16H21N3O9. The SMILES string of the molecule is COC(=O)c1cnc(OC(CNC(=O)OC(C)(C)C)C(=O)OC)c([N+](=O)[O-])c1. The number of rotatable bonds is 7. The highest BCUT2D eigenvalue weighted by atomic mass is 16.6. The van der Waals surface area contributed by atoms with Crippen molar-refractivity contribution in [3.05, 3.63) is 27.9 Å². The molecule has 1 unspecified atom stereocenters. The molecular weight excluding hydrogens is 378 g/mol. The molecule has 0 aromatic carbocycles. The summed E-state index contributed by atoms with van der Waals surface area (Å²) in [6.07, 6.45) is -1.29. The smallest absolute Gasteiger partial charge is 0.407 e. The number of amides is 1. The maximum atomic E-state index is 11.9. The molecule has 0 aliphatic rings. The zero-order chi connectivity index (χ0) is 21.5. The van der Waals surface area contributed by atoms with E-state index in [1.165, 1.54) is 0 Å². The molecule has 0 saturated carbocycles. The van der Waals surface area contributed by atoms with Gasteiger partial charge in [-0.2, -0.15) is 0 Å². The molecule has 1 amide bonds. The van der Waals surface area contributed by atoms with E-state index in [4.69, 9.17) is 9.47 Å². The molecule has 0 spiro atoms. The van der Waals surface area contributed by atoms with Crippen LogP contribution in [0.5, 0.6) is 5.88 Å². The molecule has 1 rings (SSSR count). The number of carbonyl (C=O) groups is 3. The van der Waals surface area contributed by atoms with Crippen LogP contribution in [-0.4, -0.2) is 60.4 Å². The summed E-state index contributed by atoms with van der Waals surface area (Å²) in [5.41, 5.74) is -1.62. The summed E-state index contributed by atoms with van der Waals surface area (Å²) >= 11 is 0. The molecule has 1 aromatic heterocycles. The van der Waals surface area contributed by atoms with Gasteiger partial charge in [0.05, 0.1) is 31.3 Å². The number of pyridine rings is 1. The molecule has 12 heteroatoms. The van der Waals surface area contributed by atoms with E-state index in [1.54, 1.807) is 20.8 Å². The molecule has 1 atom stereocenters. The molecule has 0 saturated heterocycles. The van der Waals surface area contributed by atoms with Crippen molar-refractivity contribution in [2.45, 2.75) is 32.5 Å². The van der Waals surface area contributed by atoms with Crippen molar-refractivity contribution in [1.29, 1.82) is 0 Å². The molecule has 0 fully saturated rings. The largest absolute Gasteiger partial charge is 0.466 e. The summed E-state index contributed by atoms with van der Waals surface area (Å²) in [5, 5.41) is 13.6. The second kappa shape index (κ2) is 9.48. The van der Waals surface area contributed by atoms with Gasteiger partial charge in [0.1, 0.15) is 5.60 Å². The van der Waals surface area contributed by atoms with Crippen LogP contribution in [0.2, 0.25) is 0 Å². The predicted molar refractivity (Wildman–Crippen MR) is 92.9 cm³/mol. The van der Waals surface area contributed by atoms with Crippen LogP contribution in [-0.2, 0) is 19.0 Å². The predicted octanol–water partition coefficient (Wildman–Crippen LogP) is 1.22. The standard InChI is InChI=1S/C16H21N3O9/c1-16(2,3)28-15(22)18-8-11(14(21)26-5)27-12-10(19(23)24)6-9(7-17-12)13(20)25-4/h6-7,11H,8H2,1-5H3,(H,18,22). The van der Waals surface area contributed by atoms with Crippen molar-refractivity contribution in [3.8, 4) is 5.88 Å². The Bertz CT molecular complexity index is 758. The fourth-order valence-electron chi connectivity index (χ4n) is 1.82. The van der Waals surface area contributed by atoms with E-state index in [9.17, 15) is 24.5 Å². The summed E-state index contributed by atoms with van der Waals surface area (Å²) in [4.78, 5) is 49.3. The van der Waals surface area contributed by atoms with Gasteiger partial charge >= 0.3 is 23.7 Å². The highest BCUT2D eigenvalue weighted by molar-refractivity contribution is 5.90. The van der Waals surface area contributed by atoms with Gasteiger partial charge in [0.2, 0.25) is 6.10 Å². The number of carbonyl (C=O) groups excluding carboxylic acids is 3. The number of methoxy groups -OCH3 is 2. The molecule has 0 radical (unpaired) electrons. The van der Waals surface area contributed by atoms with E-state index in [0.717, 1.165) is 26.5 Å². The number of ether oxygens (including phenoxy) is 4. The lowest BCUT2D eigenvalue weighted by Crippen LogP contribution is -2.43. The molecule has 154 valence electrons. The van der Waals surface area contributed by atoms with Crippen LogP contribution in [0, 0.1) is 10.1 Å². The number of aromatic nitrogens is 1. The van der Waals surface area contributed by atoms with E-state index in [0.29, 0.717) is 0 Å². The lowest BCUT2D eigenvalue weighted by Gasteiger charge is -2.21. The van der Waals surface area contributed by atoms with E-state index < -0.39 is 52.8 Å². The first kappa shape index (κ1) is 22.6. The molecule has 12 nitrogen and oxygen atoms in total. The zero-order valence-corrected chi connectivity index (χ0v) is 16.0. The molecule has 1 N–H and O–H groups in total. The minimum atomic E-state index is -1.45. The van der Waals surface area contributed by atoms with Gasteiger partial charge in [0, 0.05) is 12.3 Å². The van der Waals surface area contributed by atoms with Gasteiger partial charge in [0.25, 0.3) is 5.88 Å². The minimum Gasteiger partial charge on any atom is -0.466 e. The quantitative estimate of drug-likeness (QED) is 0.306. The van der Waals surface area contributed by atoms with Crippen molar-refractivity contribution in [1.82, 2.24) is 10.3 Å². The molecule has 28 heavy (non-hydrogen) atoms. The van der Waals surface area contributed by atoms with Gasteiger partial charge in [-0.3, -0.25) is 10.1 Å². The average molecular weight is 399 g/mol. The first-order chi connectivity index (χ1) is 13.0. The van der Waals surface area contributed by atoms with Crippen LogP contribution in [0.25, 0.3) is 0 Å². The minimum absolute atomic E-state index is 0.178. The Morgan fingerprint density at radius 2 is 1.89 bits per heavy atom. The molecule has 1 heterocycles. The Kier molecular flexibility index (Phi) is 7.65. The van der Waals surface area contributed by atoms with Gasteiger partial charge in [-0.05, 0) is 20.8 Å². The lowest BCUT2D eigenvalue weighted by molar-refractivity contribution is -0.386. The van der Waals surface area contributed by atoms with E-state index >= 15 is 0 Å². The summed E-state index contributed by atoms with van der Waals surface area (Å²) < 4.78 is 19.3. The maximum absolute atomic E-state index is 11.9. The highest BCUT2D eigenvalue weighted by Gasteiger charge is 2.29. The van der Waals surface area contributed by atoms with Crippen molar-refractivity contribution in [3.63, 3.8) is 0 Å². The van der Waals surface area contributed by atoms with E-state index in [2.05, 4.69) is 19.8 Å². The summed E-state index contributed by atoms with van der Waals surface area (Å²) in [7, 11) is 2.18. The second-order valence-corrected chi connectivity index (χ2v) is 6.31. The van der Waals surface area contributed by atoms with Crippen molar-refractivity contribution >= 4 is 23.7 Å². The lowest BCUT2D eigenvalue weighted by atomic mass is 10.2. The van der Waals surface area contributed by atoms with Gasteiger partial charge in [-0.15, -0.1) is 0 Å². The number of nitrogens with zero attached hydrogens (tertiary/aromatic N) is 2. The third-order valence-corrected chi connectivity index (χ3v) is 3.00. The number of alkyl carbamates (subject to hydrolysis) is 1. The van der Waals surface area contributed by atoms with Crippen molar-refractivity contribution in [2.75, 3.05) is 20.8 Å². The molecule has 0 aliphatic carbocycles. The highest BCUT2D eigenvalue weighted by Crippen LogP contribution is 2.26. The topological polar surface area (TPSA) is 156 Å². The van der Waals surface area contributed by atoms with Crippen LogP contribution < -0.4 is 10.1 Å². The monoisotopic (exact) mass is 399 g/mol. The first-order valence-electron chi connectivity index (χ1n) is 7.92. The molecule has 0 aliphatic heterocycles. The van der Waals surface area contributed by atoms with Crippen molar-refractivity contribution in [2.24, 2.45) is 0 Å². The summed E-state index contributed by atoms with van der Waals surface area (Å²) in [6.45, 7) is 4.55. The van der Waals surface area contributed by atoms with E-state index in [-0.39, 0.29) is 5.56 Å². The number of esters is 2. The number of hydrogen-bond acceptors (Lipinski definition) is 10. The fraction of sp³-hybridized carbons (Fsp3) is 0.500. The summed E-state index contributed by atoms with van der Waals surface area (Å²) in [6, 6.07) is 0.893. The average Bonchev–Trinajstić information content (AvgIpc) is 2.62. The van der Waals surface area contributed by atoms with Gasteiger partial charge in [-0.25, -0.2) is 19.4 Å². The summed E-state index contributed by atoms with van der Waals surface area (Å²) in [5.74, 6) is -2.29. The Morgan fingerprint density at radius 3 is 2.39 bits per heavy atom. The molecule has 1 aromatic rings. The normalized spacial score (nSPS) is 11.8. The van der Waals surface area contributed by atoms with Crippen LogP contribution in [0.15, 0.2) is 12.3 Å². The number of nitrogens with one attached hydrogen (secondary N) is 1. The van der Waals surface area contributed by atoms with Crippen LogP contribution >= 0.6 is 0 Å². The van der Waals surface area contributed by atoms with Crippen LogP contribution in [0.4, 0.5) is 10.5 Å². The Labute approximate surface area is 160 Å². The number of hydrogen-bond donors (Lipinski definition) is 1. The van der Waals surface area contributed by atoms with Crippen LogP contribution in [0.3, 0.4) is 0 Å².